The van der Waals surface area contributed by atoms with Crippen LogP contribution >= 0.6 is 0 Å². The van der Waals surface area contributed by atoms with Crippen LogP contribution < -0.4 is 11.3 Å². The van der Waals surface area contributed by atoms with E-state index in [9.17, 15) is 0 Å². The van der Waals surface area contributed by atoms with Crippen LogP contribution in [0, 0.1) is 6.92 Å². The molecule has 0 atom stereocenters. The summed E-state index contributed by atoms with van der Waals surface area (Å²) < 4.78 is 0. The van der Waals surface area contributed by atoms with Crippen molar-refractivity contribution in [2.75, 3.05) is 13.1 Å². The van der Waals surface area contributed by atoms with Crippen LogP contribution in [-0.2, 0) is 6.54 Å². The number of nitrogens with two attached hydrogens (primary N) is 1. The topological polar surface area (TPSA) is 66.5 Å². The van der Waals surface area contributed by atoms with Gasteiger partial charge in [0, 0.05) is 18.8 Å². The molecular formula is C12H21N5. The number of hydrogen-bond acceptors (Lipinski definition) is 3. The molecule has 0 saturated carbocycles. The molecule has 0 aromatic carbocycles. The highest BCUT2D eigenvalue weighted by atomic mass is 15.4. The summed E-state index contributed by atoms with van der Waals surface area (Å²) in [5.41, 5.74) is 4.68. The van der Waals surface area contributed by atoms with Gasteiger partial charge in [0.1, 0.15) is 0 Å². The van der Waals surface area contributed by atoms with Crippen molar-refractivity contribution in [3.8, 4) is 0 Å². The van der Waals surface area contributed by atoms with Crippen LogP contribution in [0.25, 0.3) is 0 Å². The molecule has 0 radical (unpaired) electrons. The standard InChI is InChI=1S/C12H21N5/c1-4-14-12(16-13)17(5-2)9-11-8-6-7-10(3)15-11/h6-8H,4-5,9,13H2,1-3H3,(H,14,16). The van der Waals surface area contributed by atoms with Crippen molar-refractivity contribution in [1.29, 1.82) is 0 Å². The van der Waals surface area contributed by atoms with Gasteiger partial charge in [0.15, 0.2) is 0 Å². The first kappa shape index (κ1) is 13.4. The largest absolute Gasteiger partial charge is 0.336 e. The number of aryl methyl sites for hydroxylation is 1. The molecule has 0 unspecified atom stereocenters. The van der Waals surface area contributed by atoms with E-state index in [0.29, 0.717) is 19.0 Å². The quantitative estimate of drug-likeness (QED) is 0.354. The Kier molecular flexibility index (Phi) is 5.42. The third kappa shape index (κ3) is 4.03. The summed E-state index contributed by atoms with van der Waals surface area (Å²) in [4.78, 5) is 10.8. The Balaban J connectivity index is 2.79. The van der Waals surface area contributed by atoms with Crippen LogP contribution in [0.15, 0.2) is 23.2 Å². The average molecular weight is 235 g/mol. The minimum absolute atomic E-state index is 0.706. The Morgan fingerprint density at radius 1 is 1.47 bits per heavy atom. The second-order valence-corrected chi connectivity index (χ2v) is 3.73. The van der Waals surface area contributed by atoms with Crippen LogP contribution in [0.4, 0.5) is 0 Å². The highest BCUT2D eigenvalue weighted by Gasteiger charge is 2.09. The molecule has 0 bridgehead atoms. The zero-order valence-corrected chi connectivity index (χ0v) is 10.8. The molecule has 3 N–H and O–H groups in total. The molecule has 1 aromatic heterocycles. The van der Waals surface area contributed by atoms with E-state index in [0.717, 1.165) is 17.9 Å². The van der Waals surface area contributed by atoms with Crippen LogP contribution in [0.5, 0.6) is 0 Å². The zero-order chi connectivity index (χ0) is 12.7. The van der Waals surface area contributed by atoms with E-state index in [4.69, 9.17) is 5.84 Å². The summed E-state index contributed by atoms with van der Waals surface area (Å²) in [6.45, 7) is 8.29. The van der Waals surface area contributed by atoms with Crippen molar-refractivity contribution in [1.82, 2.24) is 15.3 Å². The Morgan fingerprint density at radius 3 is 2.76 bits per heavy atom. The fourth-order valence-electron chi connectivity index (χ4n) is 1.61. The van der Waals surface area contributed by atoms with E-state index in [2.05, 4.69) is 27.2 Å². The maximum Gasteiger partial charge on any atom is 0.208 e. The van der Waals surface area contributed by atoms with Gasteiger partial charge in [-0.25, -0.2) is 5.84 Å². The SMILES string of the molecule is CCN=C(NN)N(CC)Cc1cccc(C)n1. The van der Waals surface area contributed by atoms with Crippen LogP contribution in [-0.4, -0.2) is 28.9 Å². The number of hydrogen-bond donors (Lipinski definition) is 2. The van der Waals surface area contributed by atoms with Gasteiger partial charge in [-0.15, -0.1) is 0 Å². The number of nitrogens with one attached hydrogen (secondary N) is 1. The molecule has 0 spiro atoms. The van der Waals surface area contributed by atoms with Gasteiger partial charge >= 0.3 is 0 Å². The Labute approximate surface area is 103 Å². The third-order valence-electron chi connectivity index (χ3n) is 2.42. The lowest BCUT2D eigenvalue weighted by atomic mass is 10.3. The van der Waals surface area contributed by atoms with Gasteiger partial charge in [0.25, 0.3) is 0 Å². The first-order chi connectivity index (χ1) is 8.21. The monoisotopic (exact) mass is 235 g/mol. The van der Waals surface area contributed by atoms with Gasteiger partial charge < -0.3 is 4.90 Å². The Bertz CT molecular complexity index is 375. The predicted molar refractivity (Wildman–Crippen MR) is 70.4 cm³/mol. The molecule has 0 fully saturated rings. The molecule has 0 amide bonds. The number of nitrogens with zero attached hydrogens (tertiary/aromatic N) is 3. The number of aliphatic imine (C=N–C) groups is 1. The van der Waals surface area contributed by atoms with E-state index in [1.807, 2.05) is 32.0 Å². The van der Waals surface area contributed by atoms with E-state index in [-0.39, 0.29) is 0 Å². The van der Waals surface area contributed by atoms with Gasteiger partial charge in [-0.1, -0.05) is 6.07 Å². The van der Waals surface area contributed by atoms with E-state index in [1.165, 1.54) is 0 Å². The predicted octanol–water partition coefficient (Wildman–Crippen LogP) is 1.05. The van der Waals surface area contributed by atoms with Gasteiger partial charge in [0.05, 0.1) is 12.2 Å². The van der Waals surface area contributed by atoms with Gasteiger partial charge in [-0.05, 0) is 32.9 Å². The summed E-state index contributed by atoms with van der Waals surface area (Å²) in [5.74, 6) is 6.18. The van der Waals surface area contributed by atoms with Crippen molar-refractivity contribution in [2.45, 2.75) is 27.3 Å². The maximum atomic E-state index is 5.48. The molecule has 0 aliphatic rings. The van der Waals surface area contributed by atoms with E-state index in [1.54, 1.807) is 0 Å². The lowest BCUT2D eigenvalue weighted by molar-refractivity contribution is 0.411. The molecule has 0 saturated heterocycles. The normalized spacial score (nSPS) is 11.4. The second-order valence-electron chi connectivity index (χ2n) is 3.73. The van der Waals surface area contributed by atoms with Crippen LogP contribution in [0.2, 0.25) is 0 Å². The summed E-state index contributed by atoms with van der Waals surface area (Å²) in [7, 11) is 0. The van der Waals surface area contributed by atoms with Crippen molar-refractivity contribution in [3.63, 3.8) is 0 Å². The first-order valence-corrected chi connectivity index (χ1v) is 5.89. The molecule has 1 heterocycles. The number of pyridine rings is 1. The van der Waals surface area contributed by atoms with Crippen molar-refractivity contribution >= 4 is 5.96 Å². The molecule has 17 heavy (non-hydrogen) atoms. The minimum atomic E-state index is 0.706. The van der Waals surface area contributed by atoms with Crippen molar-refractivity contribution < 1.29 is 0 Å². The minimum Gasteiger partial charge on any atom is -0.336 e. The zero-order valence-electron chi connectivity index (χ0n) is 10.8. The summed E-state index contributed by atoms with van der Waals surface area (Å²) in [5, 5.41) is 0. The smallest absolute Gasteiger partial charge is 0.208 e. The summed E-state index contributed by atoms with van der Waals surface area (Å²) in [6.07, 6.45) is 0. The van der Waals surface area contributed by atoms with Gasteiger partial charge in [-0.2, -0.15) is 0 Å². The van der Waals surface area contributed by atoms with Gasteiger partial charge in [-0.3, -0.25) is 15.4 Å². The number of rotatable bonds is 4. The molecule has 5 heteroatoms. The summed E-state index contributed by atoms with van der Waals surface area (Å²) >= 11 is 0. The summed E-state index contributed by atoms with van der Waals surface area (Å²) in [6, 6.07) is 6.01. The highest BCUT2D eigenvalue weighted by Crippen LogP contribution is 2.03. The van der Waals surface area contributed by atoms with Crippen molar-refractivity contribution in [3.05, 3.63) is 29.6 Å². The second kappa shape index (κ2) is 6.85. The highest BCUT2D eigenvalue weighted by molar-refractivity contribution is 5.79. The molecule has 1 rings (SSSR count). The maximum absolute atomic E-state index is 5.48. The van der Waals surface area contributed by atoms with Gasteiger partial charge in [0.2, 0.25) is 5.96 Å². The van der Waals surface area contributed by atoms with Crippen LogP contribution in [0.1, 0.15) is 25.2 Å². The lowest BCUT2D eigenvalue weighted by Crippen LogP contribution is -2.44. The number of aromatic nitrogens is 1. The average Bonchev–Trinajstić information content (AvgIpc) is 2.33. The van der Waals surface area contributed by atoms with E-state index >= 15 is 0 Å². The third-order valence-corrected chi connectivity index (χ3v) is 2.42. The molecule has 94 valence electrons. The molecular weight excluding hydrogens is 214 g/mol. The molecule has 1 aromatic rings. The number of guanidine groups is 1. The Hall–Kier alpha value is -1.62. The molecule has 0 aliphatic heterocycles. The van der Waals surface area contributed by atoms with Crippen LogP contribution in [0.3, 0.4) is 0 Å². The number of hydrazine groups is 1. The molecule has 0 aliphatic carbocycles. The molecule has 5 nitrogen and oxygen atoms in total. The lowest BCUT2D eigenvalue weighted by Gasteiger charge is -2.23. The van der Waals surface area contributed by atoms with Crippen molar-refractivity contribution in [2.24, 2.45) is 10.8 Å². The fraction of sp³-hybridized carbons (Fsp3) is 0.500. The fourth-order valence-corrected chi connectivity index (χ4v) is 1.61. The van der Waals surface area contributed by atoms with E-state index < -0.39 is 0 Å². The first-order valence-electron chi connectivity index (χ1n) is 5.89. The Morgan fingerprint density at radius 2 is 2.24 bits per heavy atom.